The van der Waals surface area contributed by atoms with E-state index in [4.69, 9.17) is 0 Å². The second kappa shape index (κ2) is 5.90. The van der Waals surface area contributed by atoms with Crippen molar-refractivity contribution >= 4 is 17.9 Å². The minimum absolute atomic E-state index is 0.317. The van der Waals surface area contributed by atoms with Crippen molar-refractivity contribution in [3.8, 4) is 0 Å². The van der Waals surface area contributed by atoms with Crippen molar-refractivity contribution < 1.29 is 19.5 Å². The molecule has 0 bridgehead atoms. The largest absolute Gasteiger partial charge is 0.480 e. The Morgan fingerprint density at radius 3 is 2.47 bits per heavy atom. The molecule has 0 aromatic heterocycles. The zero-order chi connectivity index (χ0) is 14.6. The first kappa shape index (κ1) is 15.3. The molecule has 2 atom stereocenters. The molecule has 1 aliphatic rings. The highest BCUT2D eigenvalue weighted by Gasteiger charge is 2.44. The second-order valence-corrected chi connectivity index (χ2v) is 4.97. The van der Waals surface area contributed by atoms with E-state index in [0.29, 0.717) is 13.0 Å². The van der Waals surface area contributed by atoms with Crippen molar-refractivity contribution in [2.24, 2.45) is 0 Å². The van der Waals surface area contributed by atoms with E-state index in [1.165, 1.54) is 11.9 Å². The summed E-state index contributed by atoms with van der Waals surface area (Å²) in [6, 6.07) is -1.21. The summed E-state index contributed by atoms with van der Waals surface area (Å²) in [5.74, 6) is -1.34. The normalized spacial score (nSPS) is 24.5. The van der Waals surface area contributed by atoms with Gasteiger partial charge in [0.15, 0.2) is 0 Å². The van der Waals surface area contributed by atoms with Gasteiger partial charge in [-0.15, -0.1) is 0 Å². The molecule has 0 aromatic carbocycles. The Labute approximate surface area is 112 Å². The van der Waals surface area contributed by atoms with Crippen LogP contribution in [0.2, 0.25) is 0 Å². The van der Waals surface area contributed by atoms with Gasteiger partial charge in [0, 0.05) is 13.6 Å². The van der Waals surface area contributed by atoms with Gasteiger partial charge in [0.2, 0.25) is 5.91 Å². The summed E-state index contributed by atoms with van der Waals surface area (Å²) in [5, 5.41) is 14.3. The number of urea groups is 1. The average molecular weight is 271 g/mol. The molecule has 1 rings (SSSR count). The maximum absolute atomic E-state index is 12.1. The first-order valence-electron chi connectivity index (χ1n) is 6.36. The number of nitrogens with zero attached hydrogens (tertiary/aromatic N) is 1. The van der Waals surface area contributed by atoms with Gasteiger partial charge in [0.25, 0.3) is 0 Å². The minimum atomic E-state index is -1.20. The number of likely N-dealkylation sites (tertiary alicyclic amines) is 1. The Morgan fingerprint density at radius 2 is 1.95 bits per heavy atom. The average Bonchev–Trinajstić information content (AvgIpc) is 2.37. The molecule has 3 amide bonds. The number of carboxylic acid groups (broad SMARTS) is 1. The quantitative estimate of drug-likeness (QED) is 0.681. The Bertz CT molecular complexity index is 385. The number of aliphatic carboxylic acids is 1. The number of nitrogens with one attached hydrogen (secondary N) is 2. The van der Waals surface area contributed by atoms with Crippen LogP contribution in [0.25, 0.3) is 0 Å². The lowest BCUT2D eigenvalue weighted by atomic mass is 9.89. The maximum Gasteiger partial charge on any atom is 0.329 e. The van der Waals surface area contributed by atoms with E-state index in [-0.39, 0.29) is 5.91 Å². The van der Waals surface area contributed by atoms with Gasteiger partial charge in [0.1, 0.15) is 11.6 Å². The molecule has 19 heavy (non-hydrogen) atoms. The lowest BCUT2D eigenvalue weighted by molar-refractivity contribution is -0.150. The van der Waals surface area contributed by atoms with E-state index in [2.05, 4.69) is 10.6 Å². The van der Waals surface area contributed by atoms with Crippen LogP contribution in [0, 0.1) is 0 Å². The van der Waals surface area contributed by atoms with Crippen LogP contribution in [-0.4, -0.2) is 53.1 Å². The summed E-state index contributed by atoms with van der Waals surface area (Å²) in [4.78, 5) is 36.2. The topological polar surface area (TPSA) is 98.7 Å². The number of likely N-dealkylation sites (N-methyl/N-ethyl adjacent to an activating group) is 1. The van der Waals surface area contributed by atoms with Crippen molar-refractivity contribution in [2.45, 2.75) is 44.7 Å². The third-order valence-corrected chi connectivity index (χ3v) is 3.58. The number of carbonyl (C=O) groups is 3. The van der Waals surface area contributed by atoms with Crippen LogP contribution in [0.4, 0.5) is 4.79 Å². The number of hydrogen-bond donors (Lipinski definition) is 3. The molecule has 3 N–H and O–H groups in total. The van der Waals surface area contributed by atoms with Crippen LogP contribution in [-0.2, 0) is 9.59 Å². The van der Waals surface area contributed by atoms with Gasteiger partial charge >= 0.3 is 12.0 Å². The Hall–Kier alpha value is -1.79. The molecule has 0 aliphatic carbocycles. The molecule has 0 saturated carbocycles. The monoisotopic (exact) mass is 271 g/mol. The maximum atomic E-state index is 12.1. The van der Waals surface area contributed by atoms with E-state index in [9.17, 15) is 19.5 Å². The second-order valence-electron chi connectivity index (χ2n) is 4.97. The highest BCUT2D eigenvalue weighted by molar-refractivity contribution is 5.90. The number of carboxylic acids is 1. The SMILES string of the molecule is CNC(=O)C(C)NC(=O)N1CCCCC1(C)C(=O)O. The minimum Gasteiger partial charge on any atom is -0.480 e. The molecule has 0 spiro atoms. The van der Waals surface area contributed by atoms with E-state index in [1.54, 1.807) is 13.8 Å². The van der Waals surface area contributed by atoms with Crippen LogP contribution in [0.15, 0.2) is 0 Å². The van der Waals surface area contributed by atoms with E-state index in [0.717, 1.165) is 12.8 Å². The summed E-state index contributed by atoms with van der Waals surface area (Å²) in [6.45, 7) is 3.48. The molecular formula is C12H21N3O4. The van der Waals surface area contributed by atoms with Crippen molar-refractivity contribution in [2.75, 3.05) is 13.6 Å². The van der Waals surface area contributed by atoms with Crippen LogP contribution in [0.3, 0.4) is 0 Å². The molecular weight excluding hydrogens is 250 g/mol. The first-order valence-corrected chi connectivity index (χ1v) is 6.36. The van der Waals surface area contributed by atoms with E-state index >= 15 is 0 Å². The van der Waals surface area contributed by atoms with Crippen LogP contribution < -0.4 is 10.6 Å². The fraction of sp³-hybridized carbons (Fsp3) is 0.750. The number of hydrogen-bond acceptors (Lipinski definition) is 3. The summed E-state index contributed by atoms with van der Waals surface area (Å²) in [6.07, 6.45) is 1.96. The summed E-state index contributed by atoms with van der Waals surface area (Å²) >= 11 is 0. The third kappa shape index (κ3) is 3.15. The molecule has 0 radical (unpaired) electrons. The number of amides is 3. The molecule has 0 aromatic rings. The number of carbonyl (C=O) groups excluding carboxylic acids is 2. The molecule has 7 nitrogen and oxygen atoms in total. The zero-order valence-corrected chi connectivity index (χ0v) is 11.5. The van der Waals surface area contributed by atoms with Crippen LogP contribution in [0.5, 0.6) is 0 Å². The Kier molecular flexibility index (Phi) is 4.74. The van der Waals surface area contributed by atoms with Crippen molar-refractivity contribution in [3.05, 3.63) is 0 Å². The van der Waals surface area contributed by atoms with E-state index < -0.39 is 23.6 Å². The first-order chi connectivity index (χ1) is 8.82. The van der Waals surface area contributed by atoms with Crippen molar-refractivity contribution in [1.82, 2.24) is 15.5 Å². The predicted octanol–water partition coefficient (Wildman–Crippen LogP) is 0.160. The fourth-order valence-electron chi connectivity index (χ4n) is 2.21. The van der Waals surface area contributed by atoms with Crippen molar-refractivity contribution in [3.63, 3.8) is 0 Å². The highest BCUT2D eigenvalue weighted by Crippen LogP contribution is 2.28. The molecule has 1 fully saturated rings. The number of rotatable bonds is 3. The molecule has 1 aliphatic heterocycles. The standard InChI is InChI=1S/C12H21N3O4/c1-8(9(16)13-3)14-11(19)15-7-5-4-6-12(15,2)10(17)18/h8H,4-7H2,1-3H3,(H,13,16)(H,14,19)(H,17,18). The molecule has 108 valence electrons. The van der Waals surface area contributed by atoms with Gasteiger partial charge in [-0.1, -0.05) is 0 Å². The van der Waals surface area contributed by atoms with Gasteiger partial charge in [0.05, 0.1) is 0 Å². The Morgan fingerprint density at radius 1 is 1.32 bits per heavy atom. The van der Waals surface area contributed by atoms with E-state index in [1.807, 2.05) is 0 Å². The van der Waals surface area contributed by atoms with Gasteiger partial charge in [-0.05, 0) is 33.1 Å². The van der Waals surface area contributed by atoms with Gasteiger partial charge < -0.3 is 20.6 Å². The van der Waals surface area contributed by atoms with Gasteiger partial charge in [-0.2, -0.15) is 0 Å². The van der Waals surface area contributed by atoms with Gasteiger partial charge in [-0.3, -0.25) is 4.79 Å². The zero-order valence-electron chi connectivity index (χ0n) is 11.5. The molecule has 1 heterocycles. The molecule has 7 heteroatoms. The molecule has 2 unspecified atom stereocenters. The van der Waals surface area contributed by atoms with Crippen LogP contribution >= 0.6 is 0 Å². The third-order valence-electron chi connectivity index (χ3n) is 3.58. The Balaban J connectivity index is 2.78. The lowest BCUT2D eigenvalue weighted by Crippen LogP contribution is -2.61. The predicted molar refractivity (Wildman–Crippen MR) is 68.7 cm³/mol. The molecule has 1 saturated heterocycles. The smallest absolute Gasteiger partial charge is 0.329 e. The number of piperidine rings is 1. The summed E-state index contributed by atoms with van der Waals surface area (Å²) < 4.78 is 0. The summed E-state index contributed by atoms with van der Waals surface area (Å²) in [5.41, 5.74) is -1.20. The lowest BCUT2D eigenvalue weighted by Gasteiger charge is -2.41. The fourth-order valence-corrected chi connectivity index (χ4v) is 2.21. The van der Waals surface area contributed by atoms with Crippen molar-refractivity contribution in [1.29, 1.82) is 0 Å². The highest BCUT2D eigenvalue weighted by atomic mass is 16.4. The van der Waals surface area contributed by atoms with Crippen LogP contribution in [0.1, 0.15) is 33.1 Å². The summed E-state index contributed by atoms with van der Waals surface area (Å²) in [7, 11) is 1.48. The van der Waals surface area contributed by atoms with Gasteiger partial charge in [-0.25, -0.2) is 9.59 Å².